The molecular formula is C11H9Cl2N3O4S. The molecule has 1 aromatic heterocycles. The second-order valence-electron chi connectivity index (χ2n) is 5.24. The molecule has 0 radical (unpaired) electrons. The smallest absolute Gasteiger partial charge is 0.398 e. The molecular weight excluding hydrogens is 341 g/mol. The van der Waals surface area contributed by atoms with E-state index in [0.717, 1.165) is 24.6 Å². The van der Waals surface area contributed by atoms with Gasteiger partial charge in [0.05, 0.1) is 11.7 Å². The number of esters is 2. The monoisotopic (exact) mass is 349 g/mol. The van der Waals surface area contributed by atoms with Crippen LogP contribution in [0.3, 0.4) is 0 Å². The van der Waals surface area contributed by atoms with Gasteiger partial charge >= 0.3 is 17.8 Å². The van der Waals surface area contributed by atoms with Crippen molar-refractivity contribution in [2.24, 2.45) is 5.92 Å². The van der Waals surface area contributed by atoms with E-state index in [1.165, 1.54) is 0 Å². The highest BCUT2D eigenvalue weighted by Gasteiger charge is 2.74. The predicted octanol–water partition coefficient (Wildman–Crippen LogP) is 1.10. The van der Waals surface area contributed by atoms with Gasteiger partial charge in [-0.15, -0.1) is 11.6 Å². The summed E-state index contributed by atoms with van der Waals surface area (Å²) in [5, 5.41) is 0.141. The highest BCUT2D eigenvalue weighted by Crippen LogP contribution is 2.60. The fourth-order valence-corrected chi connectivity index (χ4v) is 4.92. The van der Waals surface area contributed by atoms with Gasteiger partial charge in [0.2, 0.25) is 0 Å². The van der Waals surface area contributed by atoms with Crippen LogP contribution in [-0.2, 0) is 23.9 Å². The highest BCUT2D eigenvalue weighted by molar-refractivity contribution is 6.99. The van der Waals surface area contributed by atoms with Crippen LogP contribution in [0.1, 0.15) is 18.5 Å². The number of ether oxygens (including phenoxy) is 2. The lowest BCUT2D eigenvalue weighted by Crippen LogP contribution is -2.71. The van der Waals surface area contributed by atoms with Crippen LogP contribution in [0.15, 0.2) is 0 Å². The summed E-state index contributed by atoms with van der Waals surface area (Å²) in [5.74, 6) is -3.86. The topological polar surface area (TPSA) is 81.6 Å². The number of hydrogen-bond donors (Lipinski definition) is 0. The van der Waals surface area contributed by atoms with Gasteiger partial charge in [-0.1, -0.05) is 11.6 Å². The van der Waals surface area contributed by atoms with Crippen molar-refractivity contribution in [3.63, 3.8) is 0 Å². The second-order valence-corrected chi connectivity index (χ2v) is 6.72. The number of carbonyl (C=O) groups is 2. The Labute approximate surface area is 133 Å². The lowest BCUT2D eigenvalue weighted by atomic mass is 9.73. The number of fused-ring (bicyclic) bond motifs is 2. The van der Waals surface area contributed by atoms with Crippen LogP contribution < -0.4 is 0 Å². The number of halogens is 2. The van der Waals surface area contributed by atoms with Crippen LogP contribution in [0.2, 0.25) is 5.15 Å². The van der Waals surface area contributed by atoms with Crippen LogP contribution in [-0.4, -0.2) is 44.6 Å². The molecule has 1 unspecified atom stereocenters. The highest BCUT2D eigenvalue weighted by atomic mass is 35.5. The Morgan fingerprint density at radius 3 is 2.33 bits per heavy atom. The first-order valence-corrected chi connectivity index (χ1v) is 7.86. The molecule has 7 nitrogen and oxygen atoms in total. The first-order valence-electron chi connectivity index (χ1n) is 6.38. The Balaban J connectivity index is 1.92. The first kappa shape index (κ1) is 13.7. The van der Waals surface area contributed by atoms with E-state index < -0.39 is 22.7 Å². The number of hydrogen-bond acceptors (Lipinski definition) is 8. The summed E-state index contributed by atoms with van der Waals surface area (Å²) in [7, 11) is 0. The second kappa shape index (κ2) is 4.28. The van der Waals surface area contributed by atoms with Crippen LogP contribution >= 0.6 is 34.9 Å². The molecule has 0 N–H and O–H groups in total. The normalized spacial score (nSPS) is 36.9. The number of alkyl halides is 1. The van der Waals surface area contributed by atoms with Crippen LogP contribution in [0.4, 0.5) is 0 Å². The van der Waals surface area contributed by atoms with E-state index in [-0.39, 0.29) is 11.1 Å². The maximum atomic E-state index is 11.6. The zero-order chi connectivity index (χ0) is 14.8. The predicted molar refractivity (Wildman–Crippen MR) is 71.7 cm³/mol. The molecule has 2 bridgehead atoms. The molecule has 4 aliphatic heterocycles. The zero-order valence-corrected chi connectivity index (χ0v) is 12.9. The summed E-state index contributed by atoms with van der Waals surface area (Å²) in [6.45, 7) is 1.24. The lowest BCUT2D eigenvalue weighted by molar-refractivity contribution is -0.311. The number of aromatic nitrogens is 2. The Hall–Kier alpha value is -0.960. The van der Waals surface area contributed by atoms with Gasteiger partial charge in [0, 0.05) is 13.1 Å². The van der Waals surface area contributed by atoms with Crippen molar-refractivity contribution in [1.29, 1.82) is 0 Å². The Morgan fingerprint density at radius 2 is 1.81 bits per heavy atom. The molecule has 4 saturated heterocycles. The fraction of sp³-hybridized carbons (Fsp3) is 0.636. The van der Waals surface area contributed by atoms with Gasteiger partial charge in [0.1, 0.15) is 5.69 Å². The molecule has 0 aromatic carbocycles. The van der Waals surface area contributed by atoms with Crippen molar-refractivity contribution < 1.29 is 19.1 Å². The van der Waals surface area contributed by atoms with Crippen LogP contribution in [0, 0.1) is 5.92 Å². The van der Waals surface area contributed by atoms with Crippen molar-refractivity contribution >= 4 is 46.9 Å². The molecule has 1 aromatic rings. The number of carbonyl (C=O) groups excluding carboxylic acids is 2. The van der Waals surface area contributed by atoms with E-state index in [9.17, 15) is 9.59 Å². The van der Waals surface area contributed by atoms with E-state index in [4.69, 9.17) is 32.7 Å². The van der Waals surface area contributed by atoms with Crippen molar-refractivity contribution in [3.05, 3.63) is 10.8 Å². The molecule has 5 rings (SSSR count). The third-order valence-corrected chi connectivity index (χ3v) is 5.97. The quantitative estimate of drug-likeness (QED) is 0.426. The van der Waals surface area contributed by atoms with Gasteiger partial charge < -0.3 is 9.47 Å². The summed E-state index contributed by atoms with van der Waals surface area (Å²) in [6, 6.07) is 0. The van der Waals surface area contributed by atoms with Crippen molar-refractivity contribution in [3.8, 4) is 0 Å². The Bertz CT molecular complexity index is 629. The molecule has 0 saturated carbocycles. The summed E-state index contributed by atoms with van der Waals surface area (Å²) in [5.41, 5.74) is 0.299. The van der Waals surface area contributed by atoms with E-state index in [1.807, 2.05) is 0 Å². The van der Waals surface area contributed by atoms with E-state index in [2.05, 4.69) is 8.75 Å². The minimum atomic E-state index is -1.68. The van der Waals surface area contributed by atoms with Gasteiger partial charge in [-0.3, -0.25) is 0 Å². The molecule has 1 spiro atoms. The molecule has 21 heavy (non-hydrogen) atoms. The Kier molecular flexibility index (Phi) is 2.79. The van der Waals surface area contributed by atoms with Gasteiger partial charge in [0.15, 0.2) is 10.0 Å². The van der Waals surface area contributed by atoms with Crippen LogP contribution in [0.5, 0.6) is 0 Å². The van der Waals surface area contributed by atoms with Gasteiger partial charge in [-0.25, -0.2) is 14.5 Å². The average molecular weight is 350 g/mol. The molecule has 5 heterocycles. The molecule has 10 heteroatoms. The van der Waals surface area contributed by atoms with Gasteiger partial charge in [0.25, 0.3) is 0 Å². The maximum absolute atomic E-state index is 11.6. The largest absolute Gasteiger partial charge is 0.421 e. The lowest BCUT2D eigenvalue weighted by Gasteiger charge is -2.57. The third-order valence-electron chi connectivity index (χ3n) is 4.36. The summed E-state index contributed by atoms with van der Waals surface area (Å²) in [4.78, 5) is 23.7. The SMILES string of the molecule is O=C1OC2(OC1=O)N1CCC(CC1)C2(Cl)c1nsnc1Cl. The van der Waals surface area contributed by atoms with E-state index in [0.29, 0.717) is 18.8 Å². The number of piperidine rings is 3. The zero-order valence-electron chi connectivity index (χ0n) is 10.5. The van der Waals surface area contributed by atoms with Crippen molar-refractivity contribution in [2.75, 3.05) is 13.1 Å². The van der Waals surface area contributed by atoms with Gasteiger partial charge in [-0.05, 0) is 18.8 Å². The molecule has 0 amide bonds. The van der Waals surface area contributed by atoms with E-state index >= 15 is 0 Å². The minimum absolute atomic E-state index is 0.0794. The van der Waals surface area contributed by atoms with Crippen LogP contribution in [0.25, 0.3) is 0 Å². The molecule has 4 aliphatic rings. The standard InChI is InChI=1S/C11H9Cl2N3O4S/c12-7-6(14-21-15-7)10(13)5-1-3-16(4-2-5)11(10)19-8(17)9(18)20-11/h5H,1-4H2. The van der Waals surface area contributed by atoms with Crippen molar-refractivity contribution in [1.82, 2.24) is 13.6 Å². The van der Waals surface area contributed by atoms with Crippen molar-refractivity contribution in [2.45, 2.75) is 23.6 Å². The molecule has 1 atom stereocenters. The summed E-state index contributed by atoms with van der Waals surface area (Å²) < 4.78 is 18.7. The molecule has 4 fully saturated rings. The van der Waals surface area contributed by atoms with E-state index in [1.54, 1.807) is 4.90 Å². The maximum Gasteiger partial charge on any atom is 0.421 e. The number of rotatable bonds is 1. The minimum Gasteiger partial charge on any atom is -0.398 e. The average Bonchev–Trinajstić information content (AvgIpc) is 3.02. The fourth-order valence-electron chi connectivity index (χ4n) is 3.43. The summed E-state index contributed by atoms with van der Waals surface area (Å²) >= 11 is 13.9. The summed E-state index contributed by atoms with van der Waals surface area (Å²) in [6.07, 6.45) is 1.54. The molecule has 112 valence electrons. The van der Waals surface area contributed by atoms with Gasteiger partial charge in [-0.2, -0.15) is 8.75 Å². The number of nitrogens with zero attached hydrogens (tertiary/aromatic N) is 3. The Morgan fingerprint density at radius 1 is 1.19 bits per heavy atom. The third kappa shape index (κ3) is 1.53. The molecule has 0 aliphatic carbocycles. The first-order chi connectivity index (χ1) is 9.99.